The normalized spacial score (nSPS) is 24.9. The molecule has 6 atom stereocenters. The van der Waals surface area contributed by atoms with E-state index in [1.807, 2.05) is 76.7 Å². The highest BCUT2D eigenvalue weighted by molar-refractivity contribution is 5.79. The number of nitrogens with zero attached hydrogens (tertiary/aromatic N) is 11. The molecule has 16 rings (SSSR count). The van der Waals surface area contributed by atoms with Crippen molar-refractivity contribution in [1.82, 2.24) is 34.9 Å². The van der Waals surface area contributed by atoms with E-state index >= 15 is 0 Å². The van der Waals surface area contributed by atoms with Gasteiger partial charge in [0, 0.05) is 131 Å². The average Bonchev–Trinajstić information content (AvgIpc) is 1.98. The minimum Gasteiger partial charge on any atom is -0.490 e. The summed E-state index contributed by atoms with van der Waals surface area (Å²) >= 11 is 0. The molecule has 17 nitrogen and oxygen atoms in total. The summed E-state index contributed by atoms with van der Waals surface area (Å²) in [5, 5.41) is 0. The summed E-state index contributed by atoms with van der Waals surface area (Å²) in [6.07, 6.45) is 27.2. The zero-order chi connectivity index (χ0) is 58.9. The molecule has 4 spiro atoms. The lowest BCUT2D eigenvalue weighted by atomic mass is 9.78. The van der Waals surface area contributed by atoms with Crippen molar-refractivity contribution in [3.8, 4) is 56.0 Å². The third kappa shape index (κ3) is 11.4. The summed E-state index contributed by atoms with van der Waals surface area (Å²) in [6, 6.07) is 29.9. The molecule has 436 valence electrons. The second-order valence-corrected chi connectivity index (χ2v) is 23.7. The Labute approximate surface area is 501 Å². The summed E-state index contributed by atoms with van der Waals surface area (Å²) in [7, 11) is 0. The molecule has 0 saturated carbocycles. The van der Waals surface area contributed by atoms with Crippen LogP contribution >= 0.6 is 0 Å². The molecule has 4 aromatic heterocycles. The van der Waals surface area contributed by atoms with Crippen LogP contribution in [0, 0.1) is 0 Å². The highest BCUT2D eigenvalue weighted by Crippen LogP contribution is 2.45. The number of aromatic nitrogens is 7. The smallest absolute Gasteiger partial charge is 0.181 e. The number of ether oxygens (including phenoxy) is 6. The Morgan fingerprint density at radius 1 is 0.372 bits per heavy atom. The lowest BCUT2D eigenvalue weighted by Crippen LogP contribution is -2.46. The monoisotopic (exact) mass is 1150 g/mol. The zero-order valence-electron chi connectivity index (χ0n) is 49.4. The van der Waals surface area contributed by atoms with Gasteiger partial charge in [0.1, 0.15) is 91.3 Å². The van der Waals surface area contributed by atoms with E-state index in [0.717, 1.165) is 139 Å². The molecule has 8 aromatic rings. The Morgan fingerprint density at radius 2 is 0.802 bits per heavy atom. The number of para-hydroxylation sites is 2. The fourth-order valence-electron chi connectivity index (χ4n) is 13.3. The maximum absolute atomic E-state index is 6.12. The van der Waals surface area contributed by atoms with E-state index in [9.17, 15) is 0 Å². The van der Waals surface area contributed by atoms with Crippen LogP contribution in [0.5, 0.6) is 11.5 Å². The van der Waals surface area contributed by atoms with Gasteiger partial charge in [0.25, 0.3) is 0 Å². The van der Waals surface area contributed by atoms with Crippen LogP contribution in [0.2, 0.25) is 0 Å². The second kappa shape index (κ2) is 23.3. The number of rotatable bonds is 4. The SMILES string of the molecule is CC1=NC2(CCc3cc(-c4ccncc4)ccc3C2)CO1.CC1=NC2(CCc3cc(-c4cncnc4)ccc3C2)CO1.CC1=N[C@]2(COc3c(cccc3-c3cncnc3)C2)[C@@H](C)O1.CC1=N[C@]2(COc3c(cccc3-c3cncnc3)C2)[C@H](C)O1. The number of pyridine rings is 1. The second-order valence-electron chi connectivity index (χ2n) is 23.7. The highest BCUT2D eigenvalue weighted by atomic mass is 16.5. The van der Waals surface area contributed by atoms with Gasteiger partial charge in [0.15, 0.2) is 23.6 Å². The Kier molecular flexibility index (Phi) is 15.2. The van der Waals surface area contributed by atoms with E-state index in [-0.39, 0.29) is 34.4 Å². The van der Waals surface area contributed by atoms with Crippen LogP contribution in [0.3, 0.4) is 0 Å². The third-order valence-electron chi connectivity index (χ3n) is 17.8. The molecule has 0 saturated heterocycles. The topological polar surface area (TPSA) is 195 Å². The molecular formula is C69H69N11O6. The van der Waals surface area contributed by atoms with Crippen LogP contribution in [0.25, 0.3) is 44.5 Å². The predicted octanol–water partition coefficient (Wildman–Crippen LogP) is 11.6. The van der Waals surface area contributed by atoms with Crippen molar-refractivity contribution in [3.63, 3.8) is 0 Å². The Balaban J connectivity index is 0.000000106. The quantitative estimate of drug-likeness (QED) is 0.162. The van der Waals surface area contributed by atoms with E-state index in [4.69, 9.17) is 48.4 Å². The number of fused-ring (bicyclic) bond motifs is 4. The van der Waals surface area contributed by atoms with Gasteiger partial charge in [-0.1, -0.05) is 72.8 Å². The van der Waals surface area contributed by atoms with Gasteiger partial charge in [-0.05, 0) is 102 Å². The Bertz CT molecular complexity index is 3670. The zero-order valence-corrected chi connectivity index (χ0v) is 49.4. The number of hydrogen-bond donors (Lipinski definition) is 0. The van der Waals surface area contributed by atoms with Gasteiger partial charge in [0.2, 0.25) is 0 Å². The highest BCUT2D eigenvalue weighted by Gasteiger charge is 2.48. The molecule has 10 heterocycles. The summed E-state index contributed by atoms with van der Waals surface area (Å²) in [5.41, 5.74) is 16.1. The summed E-state index contributed by atoms with van der Waals surface area (Å²) in [5.74, 6) is 4.98. The van der Waals surface area contributed by atoms with E-state index in [1.165, 1.54) is 51.6 Å². The van der Waals surface area contributed by atoms with Gasteiger partial charge in [0.05, 0.1) is 0 Å². The van der Waals surface area contributed by atoms with Crippen molar-refractivity contribution in [2.24, 2.45) is 20.0 Å². The van der Waals surface area contributed by atoms with Crippen LogP contribution in [0.4, 0.5) is 0 Å². The molecular weight excluding hydrogens is 1080 g/mol. The lowest BCUT2D eigenvalue weighted by Gasteiger charge is -2.35. The molecule has 2 unspecified atom stereocenters. The molecule has 4 aromatic carbocycles. The third-order valence-corrected chi connectivity index (χ3v) is 17.8. The molecule has 2 aliphatic carbocycles. The maximum atomic E-state index is 6.12. The van der Waals surface area contributed by atoms with Gasteiger partial charge >= 0.3 is 0 Å². The standard InChI is InChI=1S/C18H18N2O.2C17H17N3O2.C17H17N3O/c1-13-20-18(12-21-13)7-4-16-10-15(2-3-17(16)11-18)14-5-8-19-9-6-14;2*1-11-17(20-12(2)22-11)6-13-4-3-5-15(16(13)21-9-17)14-7-18-10-19-8-14;1-12-20-17(10-21-12)5-4-14-6-13(2-3-15(14)7-17)16-8-18-11-19-9-16/h2-3,5-6,8-10H,4,7,11-12H2,1H3;2*3-5,7-8,10-11H,6,9H2,1-2H3;2-3,6,8-9,11H,4-5,7,10H2,1H3/t;11-,17+;11-,17-;/m.01./s1. The van der Waals surface area contributed by atoms with Crippen LogP contribution in [-0.4, -0.2) is 119 Å². The fourth-order valence-corrected chi connectivity index (χ4v) is 13.3. The molecule has 8 aliphatic rings. The minimum atomic E-state index is -0.303. The number of aryl methyl sites for hydroxylation is 2. The van der Waals surface area contributed by atoms with Crippen molar-refractivity contribution in [3.05, 3.63) is 187 Å². The van der Waals surface area contributed by atoms with Gasteiger partial charge in [-0.25, -0.2) is 49.9 Å². The summed E-state index contributed by atoms with van der Waals surface area (Å²) in [6.45, 7) is 14.4. The van der Waals surface area contributed by atoms with Gasteiger partial charge in [-0.15, -0.1) is 0 Å². The average molecular weight is 1150 g/mol. The van der Waals surface area contributed by atoms with Crippen molar-refractivity contribution >= 4 is 23.6 Å². The van der Waals surface area contributed by atoms with E-state index < -0.39 is 0 Å². The Hall–Kier alpha value is -9.25. The molecule has 0 radical (unpaired) electrons. The first kappa shape index (κ1) is 55.9. The predicted molar refractivity (Wildman–Crippen MR) is 331 cm³/mol. The summed E-state index contributed by atoms with van der Waals surface area (Å²) in [4.78, 5) is 47.5. The maximum Gasteiger partial charge on any atom is 0.181 e. The van der Waals surface area contributed by atoms with Crippen LogP contribution in [0.1, 0.15) is 87.8 Å². The number of hydrogen-bond acceptors (Lipinski definition) is 17. The van der Waals surface area contributed by atoms with E-state index in [0.29, 0.717) is 13.2 Å². The van der Waals surface area contributed by atoms with Gasteiger partial charge < -0.3 is 28.4 Å². The van der Waals surface area contributed by atoms with Gasteiger partial charge in [-0.3, -0.25) is 4.98 Å². The first-order valence-corrected chi connectivity index (χ1v) is 29.6. The Morgan fingerprint density at radius 3 is 1.21 bits per heavy atom. The number of aliphatic imine (C=N–C) groups is 4. The van der Waals surface area contributed by atoms with Crippen molar-refractivity contribution in [1.29, 1.82) is 0 Å². The molecule has 0 fully saturated rings. The van der Waals surface area contributed by atoms with Crippen LogP contribution < -0.4 is 9.47 Å². The first-order chi connectivity index (χ1) is 41.8. The molecule has 6 aliphatic heterocycles. The van der Waals surface area contributed by atoms with Gasteiger partial charge in [-0.2, -0.15) is 0 Å². The lowest BCUT2D eigenvalue weighted by molar-refractivity contribution is 0.0935. The van der Waals surface area contributed by atoms with E-state index in [2.05, 4.69) is 109 Å². The van der Waals surface area contributed by atoms with Crippen LogP contribution in [-0.2, 0) is 57.5 Å². The molecule has 0 N–H and O–H groups in total. The van der Waals surface area contributed by atoms with Crippen molar-refractivity contribution < 1.29 is 28.4 Å². The largest absolute Gasteiger partial charge is 0.490 e. The minimum absolute atomic E-state index is 0.00470. The molecule has 0 amide bonds. The molecule has 0 bridgehead atoms. The first-order valence-electron chi connectivity index (χ1n) is 29.6. The van der Waals surface area contributed by atoms with Crippen molar-refractivity contribution in [2.75, 3.05) is 26.4 Å². The fraction of sp³-hybridized carbons (Fsp3) is 0.348. The van der Waals surface area contributed by atoms with Crippen LogP contribution in [0.15, 0.2) is 173 Å². The number of benzene rings is 4. The van der Waals surface area contributed by atoms with E-state index in [1.54, 1.807) is 31.1 Å². The molecule has 17 heteroatoms. The molecule has 86 heavy (non-hydrogen) atoms. The van der Waals surface area contributed by atoms with Crippen molar-refractivity contribution in [2.45, 2.75) is 127 Å². The summed E-state index contributed by atoms with van der Waals surface area (Å²) < 4.78 is 34.9.